The lowest BCUT2D eigenvalue weighted by Crippen LogP contribution is -2.54. The van der Waals surface area contributed by atoms with Crippen molar-refractivity contribution < 1.29 is 9.90 Å². The molecule has 0 bridgehead atoms. The van der Waals surface area contributed by atoms with Crippen LogP contribution >= 0.6 is 0 Å². The molecule has 1 unspecified atom stereocenters. The lowest BCUT2D eigenvalue weighted by atomic mass is 10.1. The van der Waals surface area contributed by atoms with Gasteiger partial charge >= 0.3 is 0 Å². The molecule has 1 aromatic rings. The summed E-state index contributed by atoms with van der Waals surface area (Å²) < 4.78 is 0. The Labute approximate surface area is 100 Å². The minimum absolute atomic E-state index is 0.0319. The molecular formula is C12H17N3O2. The second-order valence-electron chi connectivity index (χ2n) is 4.14. The molecule has 0 radical (unpaired) electrons. The molecule has 17 heavy (non-hydrogen) atoms. The maximum atomic E-state index is 12.1. The molecule has 92 valence electrons. The zero-order valence-electron chi connectivity index (χ0n) is 9.67. The Morgan fingerprint density at radius 3 is 3.18 bits per heavy atom. The fourth-order valence-corrected chi connectivity index (χ4v) is 2.02. The monoisotopic (exact) mass is 235 g/mol. The summed E-state index contributed by atoms with van der Waals surface area (Å²) in [6.07, 6.45) is 3.97. The molecular weight excluding hydrogens is 218 g/mol. The molecule has 1 aliphatic heterocycles. The predicted molar refractivity (Wildman–Crippen MR) is 63.1 cm³/mol. The van der Waals surface area contributed by atoms with E-state index < -0.39 is 0 Å². The maximum absolute atomic E-state index is 12.1. The van der Waals surface area contributed by atoms with Gasteiger partial charge in [0.1, 0.15) is 0 Å². The normalized spacial score (nSPS) is 20.6. The van der Waals surface area contributed by atoms with Crippen LogP contribution in [0.1, 0.15) is 12.0 Å². The van der Waals surface area contributed by atoms with Crippen molar-refractivity contribution in [2.24, 2.45) is 0 Å². The van der Waals surface area contributed by atoms with Gasteiger partial charge in [0.15, 0.2) is 0 Å². The fraction of sp³-hybridized carbons (Fsp3) is 0.500. The number of hydrogen-bond acceptors (Lipinski definition) is 4. The number of aromatic nitrogens is 1. The number of hydrogen-bond donors (Lipinski definition) is 2. The van der Waals surface area contributed by atoms with Crippen LogP contribution in [0.15, 0.2) is 24.5 Å². The molecule has 2 rings (SSSR count). The summed E-state index contributed by atoms with van der Waals surface area (Å²) in [5, 5.41) is 12.0. The van der Waals surface area contributed by atoms with Gasteiger partial charge in [-0.25, -0.2) is 0 Å². The average Bonchev–Trinajstić information content (AvgIpc) is 2.36. The smallest absolute Gasteiger partial charge is 0.240 e. The molecule has 0 aromatic carbocycles. The summed E-state index contributed by atoms with van der Waals surface area (Å²) in [4.78, 5) is 17.9. The lowest BCUT2D eigenvalue weighted by Gasteiger charge is -2.33. The van der Waals surface area contributed by atoms with Gasteiger partial charge in [0, 0.05) is 38.6 Å². The number of nitrogens with one attached hydrogen (secondary N) is 1. The number of carbonyl (C=O) groups is 1. The van der Waals surface area contributed by atoms with Crippen molar-refractivity contribution >= 4 is 5.91 Å². The van der Waals surface area contributed by atoms with Gasteiger partial charge in [-0.1, -0.05) is 6.07 Å². The highest BCUT2D eigenvalue weighted by Gasteiger charge is 2.27. The first-order chi connectivity index (χ1) is 8.31. The second kappa shape index (κ2) is 5.75. The van der Waals surface area contributed by atoms with E-state index in [0.717, 1.165) is 12.1 Å². The van der Waals surface area contributed by atoms with E-state index in [1.807, 2.05) is 17.0 Å². The molecule has 0 spiro atoms. The number of amides is 1. The van der Waals surface area contributed by atoms with Gasteiger partial charge in [0.25, 0.3) is 0 Å². The number of aliphatic hydroxyl groups excluding tert-OH is 1. The number of piperazine rings is 1. The molecule has 1 aromatic heterocycles. The van der Waals surface area contributed by atoms with Crippen molar-refractivity contribution in [3.05, 3.63) is 30.1 Å². The first kappa shape index (κ1) is 12.0. The van der Waals surface area contributed by atoms with Gasteiger partial charge in [-0.15, -0.1) is 0 Å². The number of pyridine rings is 1. The van der Waals surface area contributed by atoms with Crippen LogP contribution in [0.25, 0.3) is 0 Å². The lowest BCUT2D eigenvalue weighted by molar-refractivity contribution is -0.136. The summed E-state index contributed by atoms with van der Waals surface area (Å²) in [7, 11) is 0. The van der Waals surface area contributed by atoms with E-state index in [1.165, 1.54) is 0 Å². The van der Waals surface area contributed by atoms with Gasteiger partial charge in [0.05, 0.1) is 6.04 Å². The third-order valence-electron chi connectivity index (χ3n) is 2.90. The maximum Gasteiger partial charge on any atom is 0.240 e. The van der Waals surface area contributed by atoms with E-state index in [2.05, 4.69) is 10.3 Å². The first-order valence-corrected chi connectivity index (χ1v) is 5.83. The average molecular weight is 235 g/mol. The summed E-state index contributed by atoms with van der Waals surface area (Å²) in [6.45, 7) is 2.10. The van der Waals surface area contributed by atoms with Gasteiger partial charge in [-0.3, -0.25) is 9.78 Å². The summed E-state index contributed by atoms with van der Waals surface area (Å²) in [5.74, 6) is 0.0640. The molecule has 1 amide bonds. The largest absolute Gasteiger partial charge is 0.396 e. The summed E-state index contributed by atoms with van der Waals surface area (Å²) in [6, 6.07) is 3.58. The van der Waals surface area contributed by atoms with Crippen LogP contribution in [-0.2, 0) is 11.3 Å². The summed E-state index contributed by atoms with van der Waals surface area (Å²) >= 11 is 0. The highest BCUT2D eigenvalue weighted by molar-refractivity contribution is 5.82. The third kappa shape index (κ3) is 3.01. The van der Waals surface area contributed by atoms with Crippen LogP contribution in [0.5, 0.6) is 0 Å². The van der Waals surface area contributed by atoms with Crippen LogP contribution in [0.2, 0.25) is 0 Å². The van der Waals surface area contributed by atoms with E-state index in [-0.39, 0.29) is 18.6 Å². The van der Waals surface area contributed by atoms with E-state index in [9.17, 15) is 4.79 Å². The fourth-order valence-electron chi connectivity index (χ4n) is 2.02. The van der Waals surface area contributed by atoms with Crippen LogP contribution in [0.4, 0.5) is 0 Å². The van der Waals surface area contributed by atoms with Gasteiger partial charge in [-0.05, 0) is 18.1 Å². The van der Waals surface area contributed by atoms with Crippen molar-refractivity contribution in [2.75, 3.05) is 19.7 Å². The number of aliphatic hydroxyl groups is 1. The molecule has 2 N–H and O–H groups in total. The Balaban J connectivity index is 1.98. The Hall–Kier alpha value is -1.46. The highest BCUT2D eigenvalue weighted by atomic mass is 16.3. The zero-order chi connectivity index (χ0) is 12.1. The Morgan fingerprint density at radius 1 is 1.59 bits per heavy atom. The Bertz CT molecular complexity index is 367. The Morgan fingerprint density at radius 2 is 2.47 bits per heavy atom. The number of carbonyl (C=O) groups excluding carboxylic acids is 1. The quantitative estimate of drug-likeness (QED) is 0.756. The number of rotatable bonds is 4. The van der Waals surface area contributed by atoms with Crippen LogP contribution in [0.3, 0.4) is 0 Å². The van der Waals surface area contributed by atoms with Gasteiger partial charge in [-0.2, -0.15) is 0 Å². The van der Waals surface area contributed by atoms with Crippen molar-refractivity contribution in [1.82, 2.24) is 15.2 Å². The van der Waals surface area contributed by atoms with Gasteiger partial charge in [0.2, 0.25) is 5.91 Å². The SMILES string of the molecule is O=C1C(CCO)NCCN1Cc1cccnc1. The molecule has 1 atom stereocenters. The molecule has 1 aliphatic rings. The Kier molecular flexibility index (Phi) is 4.06. The van der Waals surface area contributed by atoms with Crippen molar-refractivity contribution in [2.45, 2.75) is 19.0 Å². The van der Waals surface area contributed by atoms with E-state index in [4.69, 9.17) is 5.11 Å². The summed E-state index contributed by atoms with van der Waals surface area (Å²) in [5.41, 5.74) is 1.03. The van der Waals surface area contributed by atoms with Crippen molar-refractivity contribution in [1.29, 1.82) is 0 Å². The third-order valence-corrected chi connectivity index (χ3v) is 2.90. The highest BCUT2D eigenvalue weighted by Crippen LogP contribution is 2.09. The predicted octanol–water partition coefficient (Wildman–Crippen LogP) is -0.236. The van der Waals surface area contributed by atoms with Gasteiger partial charge < -0.3 is 15.3 Å². The molecule has 0 aliphatic carbocycles. The second-order valence-corrected chi connectivity index (χ2v) is 4.14. The standard InChI is InChI=1S/C12H17N3O2/c16-7-3-11-12(17)15(6-5-14-11)9-10-2-1-4-13-8-10/h1-2,4,8,11,14,16H,3,5-7,9H2. The molecule has 5 heteroatoms. The van der Waals surface area contributed by atoms with Crippen molar-refractivity contribution in [3.63, 3.8) is 0 Å². The molecule has 0 saturated carbocycles. The molecule has 1 fully saturated rings. The minimum Gasteiger partial charge on any atom is -0.396 e. The number of nitrogens with zero attached hydrogens (tertiary/aromatic N) is 2. The molecule has 1 saturated heterocycles. The van der Waals surface area contributed by atoms with Crippen molar-refractivity contribution in [3.8, 4) is 0 Å². The molecule has 5 nitrogen and oxygen atoms in total. The van der Waals surface area contributed by atoms with E-state index in [1.54, 1.807) is 12.4 Å². The van der Waals surface area contributed by atoms with Crippen LogP contribution < -0.4 is 5.32 Å². The zero-order valence-corrected chi connectivity index (χ0v) is 9.67. The topological polar surface area (TPSA) is 65.5 Å². The minimum atomic E-state index is -0.245. The van der Waals surface area contributed by atoms with Crippen LogP contribution in [-0.4, -0.2) is 46.6 Å². The van der Waals surface area contributed by atoms with E-state index >= 15 is 0 Å². The first-order valence-electron chi connectivity index (χ1n) is 5.83. The van der Waals surface area contributed by atoms with Crippen LogP contribution in [0, 0.1) is 0 Å². The molecule has 2 heterocycles. The van der Waals surface area contributed by atoms with E-state index in [0.29, 0.717) is 19.5 Å².